The highest BCUT2D eigenvalue weighted by Crippen LogP contribution is 2.33. The van der Waals surface area contributed by atoms with Crippen molar-refractivity contribution in [1.82, 2.24) is 14.9 Å². The number of para-hydroxylation sites is 1. The van der Waals surface area contributed by atoms with Crippen molar-refractivity contribution >= 4 is 41.6 Å². The van der Waals surface area contributed by atoms with E-state index in [2.05, 4.69) is 15.3 Å². The first-order valence-electron chi connectivity index (χ1n) is 8.02. The van der Waals surface area contributed by atoms with E-state index in [-0.39, 0.29) is 0 Å². The van der Waals surface area contributed by atoms with E-state index in [0.717, 1.165) is 5.56 Å². The Balaban J connectivity index is 2.02. The van der Waals surface area contributed by atoms with Crippen LogP contribution in [-0.2, 0) is 0 Å². The van der Waals surface area contributed by atoms with Gasteiger partial charge in [0.05, 0.1) is 35.5 Å². The zero-order valence-electron chi connectivity index (χ0n) is 14.6. The summed E-state index contributed by atoms with van der Waals surface area (Å²) in [6.07, 6.45) is 1.59. The number of hydrogen-bond donors (Lipinski definition) is 1. The number of halogens is 2. The molecule has 0 aliphatic rings. The molecule has 0 amide bonds. The Morgan fingerprint density at radius 3 is 2.63 bits per heavy atom. The topological polar surface area (TPSA) is 64.4 Å². The Morgan fingerprint density at radius 2 is 1.96 bits per heavy atom. The third-order valence-corrected chi connectivity index (χ3v) is 4.45. The van der Waals surface area contributed by atoms with Crippen LogP contribution in [0.5, 0.6) is 11.5 Å². The predicted molar refractivity (Wildman–Crippen MR) is 110 cm³/mol. The molecule has 2 aromatic carbocycles. The zero-order valence-corrected chi connectivity index (χ0v) is 16.9. The van der Waals surface area contributed by atoms with Crippen molar-refractivity contribution in [2.24, 2.45) is 5.10 Å². The van der Waals surface area contributed by atoms with Gasteiger partial charge in [0.25, 0.3) is 0 Å². The number of nitrogens with zero attached hydrogens (tertiary/aromatic N) is 3. The van der Waals surface area contributed by atoms with Crippen molar-refractivity contribution in [3.63, 3.8) is 0 Å². The summed E-state index contributed by atoms with van der Waals surface area (Å²) >= 11 is 17.7. The van der Waals surface area contributed by atoms with E-state index in [1.54, 1.807) is 18.3 Å². The average molecular weight is 423 g/mol. The van der Waals surface area contributed by atoms with E-state index in [4.69, 9.17) is 44.9 Å². The number of H-pyrrole nitrogens is 1. The number of methoxy groups -OCH3 is 1. The Kier molecular flexibility index (Phi) is 6.15. The smallest absolute Gasteiger partial charge is 0.216 e. The fourth-order valence-corrected chi connectivity index (χ4v) is 3.32. The lowest BCUT2D eigenvalue weighted by atomic mass is 10.2. The minimum atomic E-state index is 0.346. The maximum atomic E-state index is 6.18. The molecule has 1 aromatic heterocycles. The second kappa shape index (κ2) is 8.56. The van der Waals surface area contributed by atoms with Crippen LogP contribution >= 0.6 is 35.4 Å². The average Bonchev–Trinajstić information content (AvgIpc) is 3.01. The van der Waals surface area contributed by atoms with Gasteiger partial charge in [0, 0.05) is 0 Å². The highest BCUT2D eigenvalue weighted by molar-refractivity contribution is 7.71. The molecule has 0 aliphatic carbocycles. The quantitative estimate of drug-likeness (QED) is 0.437. The molecule has 0 saturated carbocycles. The Labute approximate surface area is 171 Å². The molecule has 27 heavy (non-hydrogen) atoms. The lowest BCUT2D eigenvalue weighted by molar-refractivity contribution is 0.341. The van der Waals surface area contributed by atoms with Gasteiger partial charge in [-0.25, -0.2) is 5.10 Å². The van der Waals surface area contributed by atoms with Crippen LogP contribution in [-0.4, -0.2) is 34.8 Å². The molecule has 0 fully saturated rings. The van der Waals surface area contributed by atoms with Crippen LogP contribution in [0, 0.1) is 4.77 Å². The van der Waals surface area contributed by atoms with Gasteiger partial charge in [-0.1, -0.05) is 35.3 Å². The molecule has 0 spiro atoms. The van der Waals surface area contributed by atoms with Gasteiger partial charge in [0.15, 0.2) is 11.6 Å². The molecule has 0 saturated heterocycles. The zero-order chi connectivity index (χ0) is 19.4. The van der Waals surface area contributed by atoms with Crippen LogP contribution in [0.3, 0.4) is 0 Å². The molecule has 140 valence electrons. The molecule has 0 bridgehead atoms. The SMILES string of the molecule is CCOc1ccccc1-c1n[nH]c(=S)n1/N=C\c1cc(Cl)c(OC)c(Cl)c1. The Morgan fingerprint density at radius 1 is 1.26 bits per heavy atom. The van der Waals surface area contributed by atoms with E-state index in [0.29, 0.717) is 44.3 Å². The van der Waals surface area contributed by atoms with Crippen LogP contribution in [0.2, 0.25) is 10.0 Å². The summed E-state index contributed by atoms with van der Waals surface area (Å²) in [7, 11) is 1.51. The number of nitrogens with one attached hydrogen (secondary N) is 1. The molecule has 1 heterocycles. The van der Waals surface area contributed by atoms with Crippen molar-refractivity contribution in [1.29, 1.82) is 0 Å². The number of aromatic nitrogens is 3. The maximum Gasteiger partial charge on any atom is 0.216 e. The summed E-state index contributed by atoms with van der Waals surface area (Å²) in [4.78, 5) is 0. The van der Waals surface area contributed by atoms with Crippen LogP contribution < -0.4 is 9.47 Å². The molecular formula is C18H16Cl2N4O2S. The number of ether oxygens (including phenoxy) is 2. The normalized spacial score (nSPS) is 11.1. The fraction of sp³-hybridized carbons (Fsp3) is 0.167. The van der Waals surface area contributed by atoms with Crippen LogP contribution in [0.15, 0.2) is 41.5 Å². The first kappa shape index (κ1) is 19.4. The van der Waals surface area contributed by atoms with Gasteiger partial charge in [-0.3, -0.25) is 0 Å². The first-order valence-corrected chi connectivity index (χ1v) is 9.18. The van der Waals surface area contributed by atoms with E-state index >= 15 is 0 Å². The molecule has 0 unspecified atom stereocenters. The predicted octanol–water partition coefficient (Wildman–Crippen LogP) is 5.20. The lowest BCUT2D eigenvalue weighted by Crippen LogP contribution is -1.99. The number of benzene rings is 2. The number of hydrogen-bond acceptors (Lipinski definition) is 5. The molecule has 6 nitrogen and oxygen atoms in total. The molecule has 9 heteroatoms. The largest absolute Gasteiger partial charge is 0.494 e. The summed E-state index contributed by atoms with van der Waals surface area (Å²) in [5.74, 6) is 1.65. The second-order valence-electron chi connectivity index (χ2n) is 5.36. The number of aromatic amines is 1. The summed E-state index contributed by atoms with van der Waals surface area (Å²) in [5.41, 5.74) is 1.47. The van der Waals surface area contributed by atoms with Crippen LogP contribution in [0.25, 0.3) is 11.4 Å². The van der Waals surface area contributed by atoms with E-state index < -0.39 is 0 Å². The second-order valence-corrected chi connectivity index (χ2v) is 6.56. The minimum Gasteiger partial charge on any atom is -0.494 e. The molecule has 0 aliphatic heterocycles. The van der Waals surface area contributed by atoms with Crippen molar-refractivity contribution in [2.75, 3.05) is 13.7 Å². The Hall–Kier alpha value is -2.35. The van der Waals surface area contributed by atoms with Gasteiger partial charge < -0.3 is 9.47 Å². The molecule has 3 rings (SSSR count). The monoisotopic (exact) mass is 422 g/mol. The maximum absolute atomic E-state index is 6.18. The van der Waals surface area contributed by atoms with Crippen molar-refractivity contribution in [3.8, 4) is 22.9 Å². The van der Waals surface area contributed by atoms with Crippen LogP contribution in [0.1, 0.15) is 12.5 Å². The standard InChI is InChI=1S/C18H16Cl2N4O2S/c1-3-26-15-7-5-4-6-12(15)17-22-23-18(27)24(17)21-10-11-8-13(19)16(25-2)14(20)9-11/h4-10H,3H2,1-2H3,(H,23,27)/b21-10-. The molecular weight excluding hydrogens is 407 g/mol. The van der Waals surface area contributed by atoms with E-state index in [1.165, 1.54) is 11.8 Å². The van der Waals surface area contributed by atoms with Crippen molar-refractivity contribution < 1.29 is 9.47 Å². The summed E-state index contributed by atoms with van der Waals surface area (Å²) < 4.78 is 12.7. The van der Waals surface area contributed by atoms with Gasteiger partial charge in [-0.05, 0) is 49.0 Å². The van der Waals surface area contributed by atoms with Gasteiger partial charge in [-0.2, -0.15) is 14.9 Å². The third-order valence-electron chi connectivity index (χ3n) is 3.63. The fourth-order valence-electron chi connectivity index (χ4n) is 2.48. The molecule has 0 atom stereocenters. The van der Waals surface area contributed by atoms with Crippen molar-refractivity contribution in [2.45, 2.75) is 6.92 Å². The minimum absolute atomic E-state index is 0.346. The van der Waals surface area contributed by atoms with E-state index in [9.17, 15) is 0 Å². The summed E-state index contributed by atoms with van der Waals surface area (Å²) in [6.45, 7) is 2.46. The highest BCUT2D eigenvalue weighted by Gasteiger charge is 2.13. The Bertz CT molecular complexity index is 1020. The summed E-state index contributed by atoms with van der Waals surface area (Å²) in [5, 5.41) is 12.3. The summed E-state index contributed by atoms with van der Waals surface area (Å²) in [6, 6.07) is 11.0. The molecule has 0 radical (unpaired) electrons. The lowest BCUT2D eigenvalue weighted by Gasteiger charge is -2.09. The van der Waals surface area contributed by atoms with Gasteiger partial charge >= 0.3 is 0 Å². The van der Waals surface area contributed by atoms with Crippen molar-refractivity contribution in [3.05, 3.63) is 56.8 Å². The molecule has 3 aromatic rings. The molecule has 1 N–H and O–H groups in total. The van der Waals surface area contributed by atoms with Gasteiger partial charge in [-0.15, -0.1) is 0 Å². The third kappa shape index (κ3) is 4.16. The highest BCUT2D eigenvalue weighted by atomic mass is 35.5. The van der Waals surface area contributed by atoms with E-state index in [1.807, 2.05) is 31.2 Å². The van der Waals surface area contributed by atoms with Gasteiger partial charge in [0.1, 0.15) is 5.75 Å². The van der Waals surface area contributed by atoms with Crippen LogP contribution in [0.4, 0.5) is 0 Å². The first-order chi connectivity index (χ1) is 13.0. The number of rotatable bonds is 6. The van der Waals surface area contributed by atoms with Gasteiger partial charge in [0.2, 0.25) is 4.77 Å².